The zero-order valence-electron chi connectivity index (χ0n) is 15.1. The summed E-state index contributed by atoms with van der Waals surface area (Å²) in [5, 5.41) is 0.137. The number of rotatable bonds is 6. The maximum absolute atomic E-state index is 13.2. The third kappa shape index (κ3) is 3.20. The monoisotopic (exact) mass is 423 g/mol. The van der Waals surface area contributed by atoms with Crippen LogP contribution in [-0.4, -0.2) is 35.0 Å². The molecular formula is C18H18FN3O4S2. The van der Waals surface area contributed by atoms with Crippen molar-refractivity contribution in [3.8, 4) is 0 Å². The lowest BCUT2D eigenvalue weighted by Gasteiger charge is -2.13. The molecule has 4 rings (SSSR count). The third-order valence-electron chi connectivity index (χ3n) is 5.22. The standard InChI is InChI=1S/C18H18FN3O4S2/c1-21-15-3-2-13(28(25,26)10-18(9-19)4-5-18)6-14(15)16(23)22(17(21)24)8-12-7-20-11-27-12/h2-3,6-7,11H,4-5,8-10H2,1H3. The van der Waals surface area contributed by atoms with Crippen LogP contribution < -0.4 is 11.2 Å². The van der Waals surface area contributed by atoms with Gasteiger partial charge in [-0.05, 0) is 31.0 Å². The summed E-state index contributed by atoms with van der Waals surface area (Å²) in [5.74, 6) is -0.275. The average Bonchev–Trinajstić information content (AvgIpc) is 3.24. The van der Waals surface area contributed by atoms with Crippen LogP contribution in [0.2, 0.25) is 0 Å². The van der Waals surface area contributed by atoms with Crippen LogP contribution >= 0.6 is 11.3 Å². The molecule has 0 unspecified atom stereocenters. The molecule has 0 aliphatic heterocycles. The Morgan fingerprint density at radius 3 is 2.64 bits per heavy atom. The van der Waals surface area contributed by atoms with Crippen molar-refractivity contribution in [2.24, 2.45) is 12.5 Å². The molecule has 2 heterocycles. The largest absolute Gasteiger partial charge is 0.331 e. The highest BCUT2D eigenvalue weighted by Gasteiger charge is 2.46. The molecule has 7 nitrogen and oxygen atoms in total. The summed E-state index contributed by atoms with van der Waals surface area (Å²) in [5.41, 5.74) is 0.117. The van der Waals surface area contributed by atoms with Gasteiger partial charge in [-0.25, -0.2) is 13.2 Å². The van der Waals surface area contributed by atoms with E-state index in [1.807, 2.05) is 0 Å². The normalized spacial score (nSPS) is 15.8. The van der Waals surface area contributed by atoms with Crippen molar-refractivity contribution in [2.75, 3.05) is 12.4 Å². The molecule has 1 aliphatic rings. The van der Waals surface area contributed by atoms with Gasteiger partial charge in [-0.3, -0.25) is 23.3 Å². The molecule has 1 saturated carbocycles. The number of nitrogens with zero attached hydrogens (tertiary/aromatic N) is 3. The molecule has 0 atom stereocenters. The van der Waals surface area contributed by atoms with Crippen LogP contribution in [0.15, 0.2) is 44.4 Å². The van der Waals surface area contributed by atoms with Crippen molar-refractivity contribution in [2.45, 2.75) is 24.3 Å². The highest BCUT2D eigenvalue weighted by atomic mass is 32.2. The van der Waals surface area contributed by atoms with Crippen molar-refractivity contribution in [3.63, 3.8) is 0 Å². The lowest BCUT2D eigenvalue weighted by molar-refractivity contribution is 0.367. The van der Waals surface area contributed by atoms with Crippen LogP contribution in [0.1, 0.15) is 17.7 Å². The molecule has 148 valence electrons. The first kappa shape index (κ1) is 19.0. The third-order valence-corrected chi connectivity index (χ3v) is 7.95. The minimum Gasteiger partial charge on any atom is -0.296 e. The Morgan fingerprint density at radius 1 is 1.29 bits per heavy atom. The lowest BCUT2D eigenvalue weighted by Crippen LogP contribution is -2.39. The molecular weight excluding hydrogens is 405 g/mol. The highest BCUT2D eigenvalue weighted by Crippen LogP contribution is 2.47. The zero-order chi connectivity index (χ0) is 20.1. The van der Waals surface area contributed by atoms with Crippen molar-refractivity contribution in [1.82, 2.24) is 14.1 Å². The summed E-state index contributed by atoms with van der Waals surface area (Å²) in [7, 11) is -2.21. The van der Waals surface area contributed by atoms with Gasteiger partial charge in [0.05, 0.1) is 40.3 Å². The van der Waals surface area contributed by atoms with Gasteiger partial charge in [0.25, 0.3) is 5.56 Å². The van der Waals surface area contributed by atoms with Crippen LogP contribution in [0.5, 0.6) is 0 Å². The Balaban J connectivity index is 1.85. The van der Waals surface area contributed by atoms with Crippen LogP contribution in [0.4, 0.5) is 4.39 Å². The van der Waals surface area contributed by atoms with Gasteiger partial charge in [-0.15, -0.1) is 11.3 Å². The number of aryl methyl sites for hydroxylation is 1. The first-order chi connectivity index (χ1) is 13.3. The van der Waals surface area contributed by atoms with Crippen molar-refractivity contribution >= 4 is 32.1 Å². The molecule has 1 aliphatic carbocycles. The van der Waals surface area contributed by atoms with Crippen molar-refractivity contribution in [1.29, 1.82) is 0 Å². The number of hydrogen-bond acceptors (Lipinski definition) is 6. The van der Waals surface area contributed by atoms with E-state index in [0.29, 0.717) is 18.4 Å². The number of hydrogen-bond donors (Lipinski definition) is 0. The molecule has 0 amide bonds. The highest BCUT2D eigenvalue weighted by molar-refractivity contribution is 7.91. The number of fused-ring (bicyclic) bond motifs is 1. The predicted molar refractivity (Wildman–Crippen MR) is 104 cm³/mol. The Kier molecular flexibility index (Phi) is 4.50. The SMILES string of the molecule is Cn1c(=O)n(Cc2cncs2)c(=O)c2cc(S(=O)(=O)CC3(CF)CC3)ccc21. The molecule has 0 spiro atoms. The predicted octanol–water partition coefficient (Wildman–Crippen LogP) is 1.73. The van der Waals surface area contributed by atoms with Gasteiger partial charge in [-0.2, -0.15) is 0 Å². The fourth-order valence-electron chi connectivity index (χ4n) is 3.28. The second kappa shape index (κ2) is 6.63. The second-order valence-corrected chi connectivity index (χ2v) is 10.2. The summed E-state index contributed by atoms with van der Waals surface area (Å²) in [6.07, 6.45) is 2.67. The smallest absolute Gasteiger partial charge is 0.296 e. The zero-order valence-corrected chi connectivity index (χ0v) is 16.7. The van der Waals surface area contributed by atoms with Gasteiger partial charge in [0.15, 0.2) is 9.84 Å². The van der Waals surface area contributed by atoms with Gasteiger partial charge in [0.1, 0.15) is 0 Å². The van der Waals surface area contributed by atoms with Crippen LogP contribution in [0, 0.1) is 5.41 Å². The summed E-state index contributed by atoms with van der Waals surface area (Å²) >= 11 is 1.32. The fourth-order valence-corrected chi connectivity index (χ4v) is 5.78. The second-order valence-electron chi connectivity index (χ2n) is 7.27. The molecule has 0 N–H and O–H groups in total. The van der Waals surface area contributed by atoms with Gasteiger partial charge in [-0.1, -0.05) is 0 Å². The molecule has 28 heavy (non-hydrogen) atoms. The number of sulfone groups is 1. The van der Waals surface area contributed by atoms with E-state index in [1.54, 1.807) is 11.7 Å². The molecule has 3 aromatic rings. The number of thiazole rings is 1. The van der Waals surface area contributed by atoms with Gasteiger partial charge in [0.2, 0.25) is 0 Å². The molecule has 1 fully saturated rings. The fraction of sp³-hybridized carbons (Fsp3) is 0.389. The van der Waals surface area contributed by atoms with E-state index in [4.69, 9.17) is 0 Å². The van der Waals surface area contributed by atoms with Crippen LogP contribution in [-0.2, 0) is 23.4 Å². The van der Waals surface area contributed by atoms with E-state index in [9.17, 15) is 22.4 Å². The van der Waals surface area contributed by atoms with E-state index in [1.165, 1.54) is 41.2 Å². The number of halogens is 1. The maximum Gasteiger partial charge on any atom is 0.331 e. The van der Waals surface area contributed by atoms with E-state index in [-0.39, 0.29) is 22.6 Å². The van der Waals surface area contributed by atoms with E-state index in [2.05, 4.69) is 4.98 Å². The average molecular weight is 423 g/mol. The number of alkyl halides is 1. The molecule has 0 saturated heterocycles. The summed E-state index contributed by atoms with van der Waals surface area (Å²) in [6, 6.07) is 4.12. The van der Waals surface area contributed by atoms with Crippen molar-refractivity contribution < 1.29 is 12.8 Å². The molecule has 0 bridgehead atoms. The lowest BCUT2D eigenvalue weighted by atomic mass is 10.2. The summed E-state index contributed by atoms with van der Waals surface area (Å²) in [4.78, 5) is 30.2. The topological polar surface area (TPSA) is 91.0 Å². The maximum atomic E-state index is 13.2. The minimum atomic E-state index is -3.75. The van der Waals surface area contributed by atoms with E-state index < -0.39 is 33.2 Å². The molecule has 1 aromatic carbocycles. The molecule has 2 aromatic heterocycles. The van der Waals surface area contributed by atoms with E-state index >= 15 is 0 Å². The van der Waals surface area contributed by atoms with Gasteiger partial charge in [0, 0.05) is 23.5 Å². The summed E-state index contributed by atoms with van der Waals surface area (Å²) < 4.78 is 41.0. The Hall–Kier alpha value is -2.33. The Morgan fingerprint density at radius 2 is 2.04 bits per heavy atom. The van der Waals surface area contributed by atoms with Gasteiger partial charge >= 0.3 is 5.69 Å². The van der Waals surface area contributed by atoms with Crippen LogP contribution in [0.25, 0.3) is 10.9 Å². The molecule has 10 heteroatoms. The van der Waals surface area contributed by atoms with Crippen LogP contribution in [0.3, 0.4) is 0 Å². The first-order valence-electron chi connectivity index (χ1n) is 8.66. The quantitative estimate of drug-likeness (QED) is 0.602. The first-order valence-corrected chi connectivity index (χ1v) is 11.2. The number of aromatic nitrogens is 3. The minimum absolute atomic E-state index is 0.0279. The Bertz CT molecular complexity index is 1270. The number of benzene rings is 1. The Labute approximate surface area is 164 Å². The van der Waals surface area contributed by atoms with E-state index in [0.717, 1.165) is 9.44 Å². The van der Waals surface area contributed by atoms with Crippen molar-refractivity contribution in [3.05, 3.63) is 55.6 Å². The summed E-state index contributed by atoms with van der Waals surface area (Å²) in [6.45, 7) is -0.607. The molecule has 0 radical (unpaired) electrons. The van der Waals surface area contributed by atoms with Gasteiger partial charge < -0.3 is 0 Å².